The highest BCUT2D eigenvalue weighted by Gasteiger charge is 2.09. The molecule has 2 amide bonds. The molecule has 0 saturated heterocycles. The van der Waals surface area contributed by atoms with Gasteiger partial charge in [-0.3, -0.25) is 9.59 Å². The summed E-state index contributed by atoms with van der Waals surface area (Å²) < 4.78 is 5.35. The Labute approximate surface area is 133 Å². The van der Waals surface area contributed by atoms with Crippen molar-refractivity contribution in [1.82, 2.24) is 9.88 Å². The third kappa shape index (κ3) is 4.26. The quantitative estimate of drug-likeness (QED) is 0.888. The van der Waals surface area contributed by atoms with E-state index in [1.54, 1.807) is 44.4 Å². The van der Waals surface area contributed by atoms with E-state index in [0.717, 1.165) is 0 Å². The van der Waals surface area contributed by atoms with Crippen LogP contribution in [0.3, 0.4) is 0 Å². The van der Waals surface area contributed by atoms with Crippen molar-refractivity contribution in [2.45, 2.75) is 0 Å². The molecule has 2 rings (SSSR count). The van der Waals surface area contributed by atoms with Crippen molar-refractivity contribution >= 4 is 29.1 Å². The number of aromatic amines is 1. The summed E-state index contributed by atoms with van der Waals surface area (Å²) in [4.78, 5) is 27.6. The molecule has 7 heteroatoms. The number of halogens is 1. The largest absolute Gasteiger partial charge is 0.484 e. The molecule has 0 bridgehead atoms. The predicted octanol–water partition coefficient (Wildman–Crippen LogP) is 2.39. The van der Waals surface area contributed by atoms with Gasteiger partial charge in [-0.2, -0.15) is 0 Å². The number of benzene rings is 1. The van der Waals surface area contributed by atoms with Crippen molar-refractivity contribution in [3.05, 3.63) is 47.2 Å². The molecule has 0 saturated carbocycles. The molecule has 0 aliphatic carbocycles. The molecule has 0 spiro atoms. The van der Waals surface area contributed by atoms with Crippen molar-refractivity contribution in [3.8, 4) is 5.75 Å². The van der Waals surface area contributed by atoms with Gasteiger partial charge in [-0.05, 0) is 30.3 Å². The number of nitrogens with zero attached hydrogens (tertiary/aromatic N) is 1. The average molecular weight is 322 g/mol. The molecule has 1 heterocycles. The van der Waals surface area contributed by atoms with Gasteiger partial charge in [0.05, 0.1) is 5.02 Å². The number of nitrogens with one attached hydrogen (secondary N) is 2. The number of H-pyrrole nitrogens is 1. The average Bonchev–Trinajstić information content (AvgIpc) is 2.92. The van der Waals surface area contributed by atoms with E-state index >= 15 is 0 Å². The Balaban J connectivity index is 1.91. The lowest BCUT2D eigenvalue weighted by molar-refractivity contribution is -0.130. The van der Waals surface area contributed by atoms with Crippen LogP contribution in [0, 0.1) is 0 Å². The topological polar surface area (TPSA) is 74.4 Å². The first-order chi connectivity index (χ1) is 10.5. The van der Waals surface area contributed by atoms with E-state index < -0.39 is 0 Å². The molecule has 6 nitrogen and oxygen atoms in total. The number of hydrogen-bond donors (Lipinski definition) is 2. The molecule has 2 N–H and O–H groups in total. The molecule has 22 heavy (non-hydrogen) atoms. The number of carbonyl (C=O) groups excluding carboxylic acids is 2. The summed E-state index contributed by atoms with van der Waals surface area (Å²) in [7, 11) is 3.33. The molecule has 0 unspecified atom stereocenters. The minimum atomic E-state index is -0.289. The van der Waals surface area contributed by atoms with Crippen molar-refractivity contribution in [1.29, 1.82) is 0 Å². The fourth-order valence-corrected chi connectivity index (χ4v) is 1.77. The van der Waals surface area contributed by atoms with E-state index in [1.807, 2.05) is 0 Å². The number of ether oxygens (including phenoxy) is 1. The number of amides is 2. The normalized spacial score (nSPS) is 10.1. The van der Waals surface area contributed by atoms with Crippen molar-refractivity contribution in [3.63, 3.8) is 0 Å². The molecule has 0 radical (unpaired) electrons. The molecule has 0 aliphatic heterocycles. The third-order valence-electron chi connectivity index (χ3n) is 2.87. The maximum atomic E-state index is 11.9. The third-order valence-corrected chi connectivity index (χ3v) is 3.08. The summed E-state index contributed by atoms with van der Waals surface area (Å²) in [6.07, 6.45) is 1.54. The molecule has 2 aromatic rings. The van der Waals surface area contributed by atoms with Crippen LogP contribution in [0.1, 0.15) is 10.5 Å². The molecule has 0 aliphatic rings. The molecule has 0 fully saturated rings. The number of hydrogen-bond acceptors (Lipinski definition) is 3. The maximum Gasteiger partial charge on any atom is 0.272 e. The first kappa shape index (κ1) is 15.9. The lowest BCUT2D eigenvalue weighted by Crippen LogP contribution is -2.27. The Morgan fingerprint density at radius 3 is 2.50 bits per heavy atom. The zero-order valence-corrected chi connectivity index (χ0v) is 13.0. The number of aromatic nitrogens is 1. The molecule has 0 atom stereocenters. The van der Waals surface area contributed by atoms with Crippen LogP contribution in [0.25, 0.3) is 0 Å². The highest BCUT2D eigenvalue weighted by molar-refractivity contribution is 6.31. The Morgan fingerprint density at radius 1 is 1.27 bits per heavy atom. The maximum absolute atomic E-state index is 11.9. The van der Waals surface area contributed by atoms with Crippen molar-refractivity contribution < 1.29 is 14.3 Å². The van der Waals surface area contributed by atoms with E-state index in [1.165, 1.54) is 11.1 Å². The second-order valence-electron chi connectivity index (χ2n) is 4.79. The standard InChI is InChI=1S/C15H16ClN3O3/c1-19(2)14(20)9-22-12-5-3-11(4-6-12)18-15(21)13-7-10(16)8-17-13/h3-8,17H,9H2,1-2H3,(H,18,21). The monoisotopic (exact) mass is 321 g/mol. The lowest BCUT2D eigenvalue weighted by atomic mass is 10.3. The van der Waals surface area contributed by atoms with Crippen LogP contribution in [0.15, 0.2) is 36.5 Å². The molecule has 1 aromatic heterocycles. The van der Waals surface area contributed by atoms with Gasteiger partial charge in [-0.1, -0.05) is 11.6 Å². The van der Waals surface area contributed by atoms with E-state index in [0.29, 0.717) is 22.2 Å². The van der Waals surface area contributed by atoms with Crippen molar-refractivity contribution in [2.75, 3.05) is 26.0 Å². The van der Waals surface area contributed by atoms with Crippen LogP contribution in [0.4, 0.5) is 5.69 Å². The Morgan fingerprint density at radius 2 is 1.95 bits per heavy atom. The number of anilines is 1. The Bertz CT molecular complexity index is 665. The van der Waals surface area contributed by atoms with Crippen LogP contribution in [0.5, 0.6) is 5.75 Å². The van der Waals surface area contributed by atoms with Gasteiger partial charge in [-0.25, -0.2) is 0 Å². The Kier molecular flexibility index (Phi) is 5.06. The van der Waals surface area contributed by atoms with Crippen LogP contribution in [-0.4, -0.2) is 42.4 Å². The zero-order chi connectivity index (χ0) is 16.1. The second kappa shape index (κ2) is 7.00. The van der Waals surface area contributed by atoms with E-state index in [2.05, 4.69) is 10.3 Å². The van der Waals surface area contributed by atoms with E-state index in [4.69, 9.17) is 16.3 Å². The minimum Gasteiger partial charge on any atom is -0.484 e. The highest BCUT2D eigenvalue weighted by atomic mass is 35.5. The number of rotatable bonds is 5. The van der Waals surface area contributed by atoms with Gasteiger partial charge in [0.15, 0.2) is 6.61 Å². The van der Waals surface area contributed by atoms with Crippen LogP contribution in [-0.2, 0) is 4.79 Å². The lowest BCUT2D eigenvalue weighted by Gasteiger charge is -2.11. The summed E-state index contributed by atoms with van der Waals surface area (Å²) in [5.74, 6) is 0.139. The van der Waals surface area contributed by atoms with Crippen LogP contribution in [0.2, 0.25) is 5.02 Å². The fourth-order valence-electron chi connectivity index (χ4n) is 1.61. The van der Waals surface area contributed by atoms with Gasteiger partial charge in [-0.15, -0.1) is 0 Å². The fraction of sp³-hybridized carbons (Fsp3) is 0.200. The van der Waals surface area contributed by atoms with Crippen molar-refractivity contribution in [2.24, 2.45) is 0 Å². The summed E-state index contributed by atoms with van der Waals surface area (Å²) in [6, 6.07) is 8.29. The first-order valence-electron chi connectivity index (χ1n) is 6.54. The Hall–Kier alpha value is -2.47. The smallest absolute Gasteiger partial charge is 0.272 e. The van der Waals surface area contributed by atoms with Gasteiger partial charge < -0.3 is 19.9 Å². The zero-order valence-electron chi connectivity index (χ0n) is 12.2. The molecule has 116 valence electrons. The SMILES string of the molecule is CN(C)C(=O)COc1ccc(NC(=O)c2cc(Cl)c[nH]2)cc1. The summed E-state index contributed by atoms with van der Waals surface area (Å²) in [6.45, 7) is -0.0281. The second-order valence-corrected chi connectivity index (χ2v) is 5.22. The minimum absolute atomic E-state index is 0.0281. The van der Waals surface area contributed by atoms with Gasteiger partial charge in [0.25, 0.3) is 11.8 Å². The van der Waals surface area contributed by atoms with Gasteiger partial charge in [0.2, 0.25) is 0 Å². The van der Waals surface area contributed by atoms with Gasteiger partial charge in [0, 0.05) is 26.0 Å². The van der Waals surface area contributed by atoms with E-state index in [9.17, 15) is 9.59 Å². The van der Waals surface area contributed by atoms with Crippen LogP contribution < -0.4 is 10.1 Å². The molecular weight excluding hydrogens is 306 g/mol. The van der Waals surface area contributed by atoms with E-state index in [-0.39, 0.29) is 18.4 Å². The molecule has 1 aromatic carbocycles. The number of carbonyl (C=O) groups is 2. The summed E-state index contributed by atoms with van der Waals surface area (Å²) >= 11 is 5.75. The predicted molar refractivity (Wildman–Crippen MR) is 84.4 cm³/mol. The van der Waals surface area contributed by atoms with Gasteiger partial charge >= 0.3 is 0 Å². The summed E-state index contributed by atoms with van der Waals surface area (Å²) in [5, 5.41) is 3.19. The van der Waals surface area contributed by atoms with Gasteiger partial charge in [0.1, 0.15) is 11.4 Å². The van der Waals surface area contributed by atoms with Crippen LogP contribution >= 0.6 is 11.6 Å². The highest BCUT2D eigenvalue weighted by Crippen LogP contribution is 2.17. The molecular formula is C15H16ClN3O3. The number of likely N-dealkylation sites (N-methyl/N-ethyl adjacent to an activating group) is 1. The first-order valence-corrected chi connectivity index (χ1v) is 6.92. The summed E-state index contributed by atoms with van der Waals surface area (Å²) in [5.41, 5.74) is 0.990.